The second-order valence-corrected chi connectivity index (χ2v) is 8.39. The van der Waals surface area contributed by atoms with Gasteiger partial charge in [-0.2, -0.15) is 0 Å². The van der Waals surface area contributed by atoms with Crippen molar-refractivity contribution in [1.82, 2.24) is 4.90 Å². The average Bonchev–Trinajstić information content (AvgIpc) is 2.64. The number of fused-ring (bicyclic) bond motifs is 1. The lowest BCUT2D eigenvalue weighted by atomic mass is 9.85. The number of alkyl halides is 2. The minimum atomic E-state index is -2.43. The third kappa shape index (κ3) is 5.89. The van der Waals surface area contributed by atoms with E-state index < -0.39 is 11.9 Å². The third-order valence-electron chi connectivity index (χ3n) is 5.92. The van der Waals surface area contributed by atoms with E-state index in [1.54, 1.807) is 12.1 Å². The molecule has 2 aromatic rings. The Morgan fingerprint density at radius 1 is 1.07 bits per heavy atom. The quantitative estimate of drug-likeness (QED) is 0.726. The lowest BCUT2D eigenvalue weighted by molar-refractivity contribution is -0.147. The summed E-state index contributed by atoms with van der Waals surface area (Å²) in [5, 5.41) is 20.3. The number of aromatic hydroxyl groups is 1. The lowest BCUT2D eigenvalue weighted by Crippen LogP contribution is -2.49. The summed E-state index contributed by atoms with van der Waals surface area (Å²) >= 11 is 0. The van der Waals surface area contributed by atoms with Crippen molar-refractivity contribution in [2.45, 2.75) is 51.5 Å². The predicted molar refractivity (Wildman–Crippen MR) is 109 cm³/mol. The number of aliphatic carboxylic acids is 1. The number of carboxylic acids is 1. The van der Waals surface area contributed by atoms with E-state index in [-0.39, 0.29) is 17.6 Å². The van der Waals surface area contributed by atoms with Crippen molar-refractivity contribution in [2.75, 3.05) is 13.1 Å². The van der Waals surface area contributed by atoms with Gasteiger partial charge in [-0.15, -0.1) is 0 Å². The van der Waals surface area contributed by atoms with Crippen LogP contribution < -0.4 is 0 Å². The Morgan fingerprint density at radius 2 is 1.69 bits per heavy atom. The molecule has 0 spiro atoms. The first-order valence-electron chi connectivity index (χ1n) is 10.3. The van der Waals surface area contributed by atoms with Gasteiger partial charge in [0.1, 0.15) is 5.75 Å². The number of carbonyl (C=O) groups is 1. The Kier molecular flexibility index (Phi) is 6.73. The zero-order valence-electron chi connectivity index (χ0n) is 16.8. The van der Waals surface area contributed by atoms with Crippen LogP contribution in [0.25, 0.3) is 10.8 Å². The zero-order chi connectivity index (χ0) is 21.0. The number of hydrogen-bond donors (Lipinski definition) is 2. The summed E-state index contributed by atoms with van der Waals surface area (Å²) in [6.45, 7) is 3.08. The molecule has 6 heteroatoms. The Balaban J connectivity index is 0.000000204. The van der Waals surface area contributed by atoms with Gasteiger partial charge in [-0.3, -0.25) is 9.69 Å². The van der Waals surface area contributed by atoms with Crippen LogP contribution in [-0.2, 0) is 11.3 Å². The molecule has 0 atom stereocenters. The van der Waals surface area contributed by atoms with Crippen LogP contribution in [0.15, 0.2) is 36.4 Å². The zero-order valence-corrected chi connectivity index (χ0v) is 16.8. The molecule has 158 valence electrons. The van der Waals surface area contributed by atoms with E-state index in [9.17, 15) is 18.7 Å². The van der Waals surface area contributed by atoms with E-state index in [0.717, 1.165) is 56.3 Å². The van der Waals surface area contributed by atoms with Gasteiger partial charge in [-0.05, 0) is 54.3 Å². The number of benzene rings is 2. The van der Waals surface area contributed by atoms with Crippen LogP contribution >= 0.6 is 0 Å². The molecule has 2 fully saturated rings. The van der Waals surface area contributed by atoms with Crippen molar-refractivity contribution in [3.63, 3.8) is 0 Å². The molecular weight excluding hydrogens is 376 g/mol. The number of phenolic OH excluding ortho intramolecular Hbond substituents is 1. The molecule has 29 heavy (non-hydrogen) atoms. The molecule has 2 N–H and O–H groups in total. The second-order valence-electron chi connectivity index (χ2n) is 8.39. The monoisotopic (exact) mass is 405 g/mol. The highest BCUT2D eigenvalue weighted by molar-refractivity contribution is 5.84. The summed E-state index contributed by atoms with van der Waals surface area (Å²) in [6, 6.07) is 11.4. The molecule has 1 saturated heterocycles. The first kappa shape index (κ1) is 21.5. The number of rotatable bonds is 4. The fourth-order valence-corrected chi connectivity index (χ4v) is 4.10. The van der Waals surface area contributed by atoms with Crippen LogP contribution in [0.5, 0.6) is 5.75 Å². The topological polar surface area (TPSA) is 60.8 Å². The maximum Gasteiger partial charge on any atom is 0.309 e. The van der Waals surface area contributed by atoms with Gasteiger partial charge in [0, 0.05) is 25.6 Å². The summed E-state index contributed by atoms with van der Waals surface area (Å²) < 4.78 is 25.2. The first-order valence-corrected chi connectivity index (χ1v) is 10.3. The van der Waals surface area contributed by atoms with Crippen molar-refractivity contribution in [2.24, 2.45) is 11.8 Å². The number of hydrogen-bond acceptors (Lipinski definition) is 3. The van der Waals surface area contributed by atoms with E-state index >= 15 is 0 Å². The van der Waals surface area contributed by atoms with Crippen LogP contribution in [0.1, 0.15) is 44.6 Å². The summed E-state index contributed by atoms with van der Waals surface area (Å²) in [5.74, 6) is -3.41. The summed E-state index contributed by atoms with van der Waals surface area (Å²) in [6.07, 6.45) is 4.59. The van der Waals surface area contributed by atoms with Crippen molar-refractivity contribution >= 4 is 16.7 Å². The highest BCUT2D eigenvalue weighted by Crippen LogP contribution is 2.35. The molecule has 2 aliphatic rings. The number of nitrogens with zero attached hydrogens (tertiary/aromatic N) is 1. The average molecular weight is 405 g/mol. The van der Waals surface area contributed by atoms with Crippen LogP contribution in [0.2, 0.25) is 0 Å². The molecule has 4 nitrogen and oxygen atoms in total. The molecule has 1 aliphatic heterocycles. The maximum absolute atomic E-state index is 12.6. The van der Waals surface area contributed by atoms with E-state index in [4.69, 9.17) is 5.11 Å². The molecule has 0 bridgehead atoms. The van der Waals surface area contributed by atoms with Crippen molar-refractivity contribution in [3.05, 3.63) is 42.0 Å². The minimum Gasteiger partial charge on any atom is -0.508 e. The van der Waals surface area contributed by atoms with Crippen LogP contribution in [0.4, 0.5) is 8.78 Å². The number of phenols is 1. The predicted octanol–water partition coefficient (Wildman–Crippen LogP) is 5.28. The number of likely N-dealkylation sites (tertiary alicyclic amines) is 1. The summed E-state index contributed by atoms with van der Waals surface area (Å²) in [5.41, 5.74) is 1.17. The fourth-order valence-electron chi connectivity index (χ4n) is 4.10. The summed E-state index contributed by atoms with van der Waals surface area (Å²) in [4.78, 5) is 12.9. The van der Waals surface area contributed by atoms with Gasteiger partial charge >= 0.3 is 5.97 Å². The van der Waals surface area contributed by atoms with Crippen molar-refractivity contribution < 1.29 is 23.8 Å². The lowest BCUT2D eigenvalue weighted by Gasteiger charge is -2.36. The Labute approximate surface area is 170 Å². The van der Waals surface area contributed by atoms with E-state index in [0.29, 0.717) is 13.1 Å². The van der Waals surface area contributed by atoms with Crippen LogP contribution in [-0.4, -0.2) is 40.1 Å². The molecule has 0 unspecified atom stereocenters. The number of carboxylic acid groups (broad SMARTS) is 1. The molecule has 0 amide bonds. The molecule has 2 aromatic carbocycles. The molecule has 4 rings (SSSR count). The maximum atomic E-state index is 12.6. The van der Waals surface area contributed by atoms with Gasteiger partial charge in [0.05, 0.1) is 5.92 Å². The van der Waals surface area contributed by atoms with Gasteiger partial charge < -0.3 is 10.2 Å². The highest BCUT2D eigenvalue weighted by atomic mass is 19.3. The van der Waals surface area contributed by atoms with Gasteiger partial charge in [0.2, 0.25) is 5.92 Å². The standard InChI is InChI=1S/C15H15NO3.C8H14F2/c17-14-4-3-11-5-10(1-2-12(11)6-14)7-16-8-13(9-16)15(18)19;1-8(9,10)7-5-3-2-4-6-7/h1-6,13,17H,7-9H2,(H,18,19);7H,2-6H2,1H3. The van der Waals surface area contributed by atoms with Crippen molar-refractivity contribution in [1.29, 1.82) is 0 Å². The van der Waals surface area contributed by atoms with Gasteiger partial charge in [-0.25, -0.2) is 8.78 Å². The second kappa shape index (κ2) is 9.08. The number of halogens is 2. The van der Waals surface area contributed by atoms with Gasteiger partial charge in [0.25, 0.3) is 0 Å². The largest absolute Gasteiger partial charge is 0.508 e. The Bertz CT molecular complexity index is 838. The minimum absolute atomic E-state index is 0.211. The molecule has 1 saturated carbocycles. The Morgan fingerprint density at radius 3 is 2.28 bits per heavy atom. The van der Waals surface area contributed by atoms with E-state index in [1.807, 2.05) is 18.2 Å². The van der Waals surface area contributed by atoms with Gasteiger partial charge in [-0.1, -0.05) is 37.5 Å². The van der Waals surface area contributed by atoms with E-state index in [2.05, 4.69) is 11.0 Å². The van der Waals surface area contributed by atoms with Crippen molar-refractivity contribution in [3.8, 4) is 5.75 Å². The SMILES string of the molecule is CC(F)(F)C1CCCCC1.O=C(O)C1CN(Cc2ccc3cc(O)ccc3c2)C1. The van der Waals surface area contributed by atoms with Crippen LogP contribution in [0, 0.1) is 11.8 Å². The molecule has 1 heterocycles. The first-order chi connectivity index (χ1) is 13.7. The van der Waals surface area contributed by atoms with E-state index in [1.165, 1.54) is 5.56 Å². The smallest absolute Gasteiger partial charge is 0.309 e. The Hall–Kier alpha value is -2.21. The fraction of sp³-hybridized carbons (Fsp3) is 0.522. The highest BCUT2D eigenvalue weighted by Gasteiger charge is 2.34. The van der Waals surface area contributed by atoms with Crippen LogP contribution in [0.3, 0.4) is 0 Å². The van der Waals surface area contributed by atoms with Gasteiger partial charge in [0.15, 0.2) is 0 Å². The molecule has 1 aliphatic carbocycles. The third-order valence-corrected chi connectivity index (χ3v) is 5.92. The normalized spacial score (nSPS) is 18.7. The molecule has 0 radical (unpaired) electrons. The molecular formula is C23H29F2NO3. The molecule has 0 aromatic heterocycles. The summed E-state index contributed by atoms with van der Waals surface area (Å²) in [7, 11) is 0.